The summed E-state index contributed by atoms with van der Waals surface area (Å²) < 4.78 is 10.6. The van der Waals surface area contributed by atoms with Crippen molar-refractivity contribution in [3.63, 3.8) is 0 Å². The van der Waals surface area contributed by atoms with E-state index in [2.05, 4.69) is 38.3 Å². The van der Waals surface area contributed by atoms with Crippen molar-refractivity contribution >= 4 is 5.91 Å². The van der Waals surface area contributed by atoms with E-state index >= 15 is 0 Å². The first-order valence-corrected chi connectivity index (χ1v) is 7.82. The zero-order valence-corrected chi connectivity index (χ0v) is 13.7. The molecule has 0 radical (unpaired) electrons. The van der Waals surface area contributed by atoms with Crippen LogP contribution < -0.4 is 20.1 Å². The first-order chi connectivity index (χ1) is 10.2. The summed E-state index contributed by atoms with van der Waals surface area (Å²) in [6.45, 7) is 9.14. The third-order valence-corrected chi connectivity index (χ3v) is 4.30. The fourth-order valence-corrected chi connectivity index (χ4v) is 3.93. The highest BCUT2D eigenvalue weighted by Gasteiger charge is 2.42. The number of benzene rings is 1. The van der Waals surface area contributed by atoms with E-state index < -0.39 is 0 Å². The second-order valence-electron chi connectivity index (χ2n) is 7.77. The van der Waals surface area contributed by atoms with Crippen molar-refractivity contribution in [2.45, 2.75) is 57.7 Å². The summed E-state index contributed by atoms with van der Waals surface area (Å²) >= 11 is 0. The maximum Gasteiger partial charge on any atom is 0.251 e. The largest absolute Gasteiger partial charge is 0.454 e. The fraction of sp³-hybridized carbons (Fsp3) is 0.588. The highest BCUT2D eigenvalue weighted by Crippen LogP contribution is 2.32. The van der Waals surface area contributed by atoms with Crippen LogP contribution in [0.1, 0.15) is 50.9 Å². The molecule has 0 bridgehead atoms. The number of quaternary nitrogens is 1. The molecule has 0 spiro atoms. The Labute approximate surface area is 131 Å². The highest BCUT2D eigenvalue weighted by molar-refractivity contribution is 5.95. The summed E-state index contributed by atoms with van der Waals surface area (Å²) in [7, 11) is 0. The number of fused-ring (bicyclic) bond motifs is 1. The summed E-state index contributed by atoms with van der Waals surface area (Å²) in [6.07, 6.45) is 1.93. The third kappa shape index (κ3) is 3.19. The van der Waals surface area contributed by atoms with E-state index in [1.165, 1.54) is 0 Å². The predicted molar refractivity (Wildman–Crippen MR) is 83.1 cm³/mol. The number of hydrogen-bond acceptors (Lipinski definition) is 3. The molecule has 22 heavy (non-hydrogen) atoms. The monoisotopic (exact) mass is 305 g/mol. The lowest BCUT2D eigenvalue weighted by molar-refractivity contribution is -0.787. The molecule has 0 atom stereocenters. The van der Waals surface area contributed by atoms with Crippen LogP contribution in [0.25, 0.3) is 0 Å². The Hall–Kier alpha value is -1.75. The van der Waals surface area contributed by atoms with Gasteiger partial charge in [-0.25, -0.2) is 0 Å². The smallest absolute Gasteiger partial charge is 0.251 e. The number of carbonyl (C=O) groups is 1. The number of ether oxygens (including phenoxy) is 2. The lowest BCUT2D eigenvalue weighted by Crippen LogP contribution is -3.06. The van der Waals surface area contributed by atoms with Crippen LogP contribution in [-0.4, -0.2) is 29.8 Å². The number of hydrogen-bond donors (Lipinski definition) is 2. The van der Waals surface area contributed by atoms with Crippen LogP contribution in [0.3, 0.4) is 0 Å². The van der Waals surface area contributed by atoms with Gasteiger partial charge in [-0.3, -0.25) is 4.79 Å². The second-order valence-corrected chi connectivity index (χ2v) is 7.77. The van der Waals surface area contributed by atoms with Crippen LogP contribution in [0, 0.1) is 0 Å². The molecule has 0 saturated carbocycles. The Morgan fingerprint density at radius 2 is 1.77 bits per heavy atom. The van der Waals surface area contributed by atoms with E-state index in [0.29, 0.717) is 17.1 Å². The third-order valence-electron chi connectivity index (χ3n) is 4.30. The number of nitrogens with one attached hydrogen (secondary N) is 1. The van der Waals surface area contributed by atoms with Crippen molar-refractivity contribution in [3.8, 4) is 11.5 Å². The second kappa shape index (κ2) is 5.16. The summed E-state index contributed by atoms with van der Waals surface area (Å²) in [5.41, 5.74) is 0.887. The van der Waals surface area contributed by atoms with Crippen molar-refractivity contribution < 1.29 is 19.6 Å². The SMILES string of the molecule is CC1(C)CC(NC(=O)c2ccc3c(c2)OCO3)CC(C)(C)[NH2+]1. The Kier molecular flexibility index (Phi) is 3.56. The molecule has 1 fully saturated rings. The van der Waals surface area contributed by atoms with Crippen LogP contribution in [-0.2, 0) is 0 Å². The average Bonchev–Trinajstić information content (AvgIpc) is 2.81. The van der Waals surface area contributed by atoms with Gasteiger partial charge < -0.3 is 20.1 Å². The van der Waals surface area contributed by atoms with Crippen molar-refractivity contribution in [3.05, 3.63) is 23.8 Å². The maximum atomic E-state index is 12.5. The van der Waals surface area contributed by atoms with Crippen molar-refractivity contribution in [2.24, 2.45) is 0 Å². The molecule has 0 unspecified atom stereocenters. The normalized spacial score (nSPS) is 22.4. The summed E-state index contributed by atoms with van der Waals surface area (Å²) in [6, 6.07) is 5.52. The van der Waals surface area contributed by atoms with Gasteiger partial charge in [0.15, 0.2) is 11.5 Å². The van der Waals surface area contributed by atoms with Crippen LogP contribution in [0.2, 0.25) is 0 Å². The Morgan fingerprint density at radius 3 is 2.45 bits per heavy atom. The van der Waals surface area contributed by atoms with Crippen LogP contribution in [0.15, 0.2) is 18.2 Å². The molecular formula is C17H25N2O3+. The lowest BCUT2D eigenvalue weighted by Gasteiger charge is -2.43. The molecule has 0 aliphatic carbocycles. The minimum atomic E-state index is -0.0446. The van der Waals surface area contributed by atoms with Crippen LogP contribution in [0.4, 0.5) is 0 Å². The molecule has 2 heterocycles. The molecule has 3 rings (SSSR count). The van der Waals surface area contributed by atoms with Crippen molar-refractivity contribution in [1.82, 2.24) is 5.32 Å². The molecule has 3 N–H and O–H groups in total. The average molecular weight is 305 g/mol. The molecule has 5 heteroatoms. The summed E-state index contributed by atoms with van der Waals surface area (Å²) in [4.78, 5) is 12.5. The molecule has 1 aromatic rings. The van der Waals surface area contributed by atoms with Crippen LogP contribution in [0.5, 0.6) is 11.5 Å². The van der Waals surface area contributed by atoms with Gasteiger partial charge in [-0.1, -0.05) is 0 Å². The van der Waals surface area contributed by atoms with Gasteiger partial charge in [0.2, 0.25) is 6.79 Å². The number of piperidine rings is 1. The van der Waals surface area contributed by atoms with Gasteiger partial charge in [0.1, 0.15) is 0 Å². The molecule has 2 aliphatic rings. The number of rotatable bonds is 2. The van der Waals surface area contributed by atoms with Gasteiger partial charge in [0.25, 0.3) is 5.91 Å². The molecule has 1 saturated heterocycles. The van der Waals surface area contributed by atoms with Crippen molar-refractivity contribution in [2.75, 3.05) is 6.79 Å². The summed E-state index contributed by atoms with van der Waals surface area (Å²) in [5.74, 6) is 1.30. The van der Waals surface area contributed by atoms with E-state index in [0.717, 1.165) is 12.8 Å². The molecule has 1 amide bonds. The fourth-order valence-electron chi connectivity index (χ4n) is 3.93. The Balaban J connectivity index is 1.71. The van der Waals surface area contributed by atoms with E-state index in [4.69, 9.17) is 9.47 Å². The number of amides is 1. The van der Waals surface area contributed by atoms with E-state index in [9.17, 15) is 4.79 Å². The van der Waals surface area contributed by atoms with Crippen LogP contribution >= 0.6 is 0 Å². The van der Waals surface area contributed by atoms with Crippen molar-refractivity contribution in [1.29, 1.82) is 0 Å². The van der Waals surface area contributed by atoms with Gasteiger partial charge in [-0.15, -0.1) is 0 Å². The summed E-state index contributed by atoms with van der Waals surface area (Å²) in [5, 5.41) is 5.59. The minimum absolute atomic E-state index is 0.0446. The molecule has 2 aliphatic heterocycles. The molecule has 120 valence electrons. The van der Waals surface area contributed by atoms with E-state index in [-0.39, 0.29) is 29.8 Å². The standard InChI is InChI=1S/C17H24N2O3/c1-16(2)8-12(9-17(3,4)19-16)18-15(20)11-5-6-13-14(7-11)22-10-21-13/h5-7,12,19H,8-10H2,1-4H3,(H,18,20)/p+1. The number of nitrogens with two attached hydrogens (primary N) is 1. The lowest BCUT2D eigenvalue weighted by atomic mass is 9.79. The maximum absolute atomic E-state index is 12.5. The molecule has 5 nitrogen and oxygen atoms in total. The predicted octanol–water partition coefficient (Wildman–Crippen LogP) is 1.43. The highest BCUT2D eigenvalue weighted by atomic mass is 16.7. The molecular weight excluding hydrogens is 280 g/mol. The number of carbonyl (C=O) groups excluding carboxylic acids is 1. The van der Waals surface area contributed by atoms with Gasteiger partial charge in [0.05, 0.1) is 11.1 Å². The first kappa shape index (κ1) is 15.2. The van der Waals surface area contributed by atoms with Gasteiger partial charge in [-0.2, -0.15) is 0 Å². The Bertz CT molecular complexity index is 580. The van der Waals surface area contributed by atoms with Gasteiger partial charge in [-0.05, 0) is 45.9 Å². The van der Waals surface area contributed by atoms with E-state index in [1.54, 1.807) is 18.2 Å². The topological polar surface area (TPSA) is 64.2 Å². The van der Waals surface area contributed by atoms with E-state index in [1.807, 2.05) is 0 Å². The Morgan fingerprint density at radius 1 is 1.14 bits per heavy atom. The zero-order chi connectivity index (χ0) is 16.0. The quantitative estimate of drug-likeness (QED) is 0.869. The molecule has 0 aromatic heterocycles. The molecule has 1 aromatic carbocycles. The van der Waals surface area contributed by atoms with Gasteiger partial charge >= 0.3 is 0 Å². The van der Waals surface area contributed by atoms with Gasteiger partial charge in [0, 0.05) is 24.4 Å². The first-order valence-electron chi connectivity index (χ1n) is 7.82. The zero-order valence-electron chi connectivity index (χ0n) is 13.7. The minimum Gasteiger partial charge on any atom is -0.454 e.